The van der Waals surface area contributed by atoms with E-state index in [0.717, 1.165) is 5.52 Å². The molecule has 1 aromatic heterocycles. The van der Waals surface area contributed by atoms with E-state index in [-0.39, 0.29) is 10.6 Å². The highest BCUT2D eigenvalue weighted by molar-refractivity contribution is 7.92. The summed E-state index contributed by atoms with van der Waals surface area (Å²) in [6.45, 7) is 0. The van der Waals surface area contributed by atoms with Gasteiger partial charge in [-0.05, 0) is 42.5 Å². The summed E-state index contributed by atoms with van der Waals surface area (Å²) in [4.78, 5) is 12.0. The molecule has 8 heteroatoms. The van der Waals surface area contributed by atoms with Crippen LogP contribution in [0.4, 0.5) is 5.69 Å². The van der Waals surface area contributed by atoms with Crippen molar-refractivity contribution in [2.24, 2.45) is 14.1 Å². The Bertz CT molecular complexity index is 1050. The zero-order valence-electron chi connectivity index (χ0n) is 12.4. The number of aryl methyl sites for hydroxylation is 2. The van der Waals surface area contributed by atoms with E-state index in [2.05, 4.69) is 4.72 Å². The molecule has 6 nitrogen and oxygen atoms in total. The molecule has 0 radical (unpaired) electrons. The molecule has 0 spiro atoms. The maximum atomic E-state index is 12.4. The predicted octanol–water partition coefficient (Wildman–Crippen LogP) is 2.33. The largest absolute Gasteiger partial charge is 0.328 e. The molecule has 0 unspecified atom stereocenters. The number of anilines is 1. The van der Waals surface area contributed by atoms with Gasteiger partial charge in [-0.2, -0.15) is 0 Å². The first-order valence-corrected chi connectivity index (χ1v) is 8.59. The highest BCUT2D eigenvalue weighted by Gasteiger charge is 2.15. The molecule has 0 saturated carbocycles. The normalized spacial score (nSPS) is 11.8. The number of hydrogen-bond donors (Lipinski definition) is 1. The predicted molar refractivity (Wildman–Crippen MR) is 90.4 cm³/mol. The van der Waals surface area contributed by atoms with Gasteiger partial charge in [0.15, 0.2) is 0 Å². The van der Waals surface area contributed by atoms with Gasteiger partial charge in [0.05, 0.1) is 21.6 Å². The van der Waals surface area contributed by atoms with Crippen LogP contribution in [-0.2, 0) is 24.1 Å². The summed E-state index contributed by atoms with van der Waals surface area (Å²) in [5.41, 5.74) is 1.59. The Balaban J connectivity index is 2.03. The molecule has 2 aromatic carbocycles. The zero-order valence-corrected chi connectivity index (χ0v) is 14.0. The lowest BCUT2D eigenvalue weighted by atomic mass is 10.3. The molecular formula is C15H14ClN3O3S. The molecule has 0 fully saturated rings. The molecule has 1 N–H and O–H groups in total. The number of aromatic nitrogens is 2. The first kappa shape index (κ1) is 15.6. The minimum atomic E-state index is -3.72. The standard InChI is InChI=1S/C15H14ClN3O3S/c1-18-13-8-5-11(9-14(13)19(2)15(18)20)17-23(21,22)12-6-3-10(16)4-7-12/h3-9,17H,1-2H3. The van der Waals surface area contributed by atoms with Crippen LogP contribution in [0.25, 0.3) is 11.0 Å². The fourth-order valence-corrected chi connectivity index (χ4v) is 3.57. The van der Waals surface area contributed by atoms with Gasteiger partial charge in [0, 0.05) is 19.1 Å². The molecular weight excluding hydrogens is 338 g/mol. The molecule has 0 saturated heterocycles. The van der Waals surface area contributed by atoms with Gasteiger partial charge in [-0.1, -0.05) is 11.6 Å². The van der Waals surface area contributed by atoms with Crippen LogP contribution in [0.3, 0.4) is 0 Å². The number of benzene rings is 2. The second-order valence-electron chi connectivity index (χ2n) is 5.16. The molecule has 23 heavy (non-hydrogen) atoms. The summed E-state index contributed by atoms with van der Waals surface area (Å²) in [7, 11) is -0.408. The van der Waals surface area contributed by atoms with Crippen molar-refractivity contribution < 1.29 is 8.42 Å². The molecule has 0 aliphatic heterocycles. The Morgan fingerprint density at radius 1 is 0.957 bits per heavy atom. The van der Waals surface area contributed by atoms with E-state index in [4.69, 9.17) is 11.6 Å². The fraction of sp³-hybridized carbons (Fsp3) is 0.133. The molecule has 1 heterocycles. The van der Waals surface area contributed by atoms with Crippen LogP contribution in [0.15, 0.2) is 52.2 Å². The SMILES string of the molecule is Cn1c(=O)n(C)c2cc(NS(=O)(=O)c3ccc(Cl)cc3)ccc21. The second kappa shape index (κ2) is 5.43. The third kappa shape index (κ3) is 2.73. The Hall–Kier alpha value is -2.25. The van der Waals surface area contributed by atoms with Crippen LogP contribution in [0.5, 0.6) is 0 Å². The van der Waals surface area contributed by atoms with Crippen molar-refractivity contribution in [3.63, 3.8) is 0 Å². The number of rotatable bonds is 3. The minimum absolute atomic E-state index is 0.115. The van der Waals surface area contributed by atoms with E-state index in [0.29, 0.717) is 16.2 Å². The summed E-state index contributed by atoms with van der Waals surface area (Å²) >= 11 is 5.77. The van der Waals surface area contributed by atoms with Crippen molar-refractivity contribution in [1.29, 1.82) is 0 Å². The molecule has 0 atom stereocenters. The maximum absolute atomic E-state index is 12.4. The number of imidazole rings is 1. The van der Waals surface area contributed by atoms with Gasteiger partial charge >= 0.3 is 5.69 Å². The zero-order chi connectivity index (χ0) is 16.8. The Morgan fingerprint density at radius 2 is 1.57 bits per heavy atom. The first-order valence-electron chi connectivity index (χ1n) is 6.73. The smallest absolute Gasteiger partial charge is 0.295 e. The summed E-state index contributed by atoms with van der Waals surface area (Å²) in [6, 6.07) is 10.8. The van der Waals surface area contributed by atoms with Crippen LogP contribution >= 0.6 is 11.6 Å². The third-order valence-electron chi connectivity index (χ3n) is 3.65. The summed E-state index contributed by atoms with van der Waals surface area (Å²) in [5, 5.41) is 0.463. The van der Waals surface area contributed by atoms with E-state index in [1.165, 1.54) is 33.4 Å². The Morgan fingerprint density at radius 3 is 2.22 bits per heavy atom. The molecule has 3 rings (SSSR count). The number of sulfonamides is 1. The van der Waals surface area contributed by atoms with Gasteiger partial charge in [0.1, 0.15) is 0 Å². The third-order valence-corrected chi connectivity index (χ3v) is 5.30. The second-order valence-corrected chi connectivity index (χ2v) is 7.28. The van der Waals surface area contributed by atoms with E-state index in [9.17, 15) is 13.2 Å². The lowest BCUT2D eigenvalue weighted by molar-refractivity contribution is 0.601. The van der Waals surface area contributed by atoms with Crippen molar-refractivity contribution in [2.75, 3.05) is 4.72 Å². The van der Waals surface area contributed by atoms with Gasteiger partial charge in [0.2, 0.25) is 0 Å². The highest BCUT2D eigenvalue weighted by Crippen LogP contribution is 2.21. The van der Waals surface area contributed by atoms with Crippen LogP contribution < -0.4 is 10.4 Å². The monoisotopic (exact) mass is 351 g/mol. The first-order chi connectivity index (χ1) is 10.8. The van der Waals surface area contributed by atoms with Crippen molar-refractivity contribution in [3.8, 4) is 0 Å². The van der Waals surface area contributed by atoms with Crippen LogP contribution in [-0.4, -0.2) is 17.6 Å². The molecule has 0 aliphatic rings. The number of nitrogens with one attached hydrogen (secondary N) is 1. The maximum Gasteiger partial charge on any atom is 0.328 e. The average Bonchev–Trinajstić information content (AvgIpc) is 2.72. The van der Waals surface area contributed by atoms with E-state index >= 15 is 0 Å². The summed E-state index contributed by atoms with van der Waals surface area (Å²) < 4.78 is 30.2. The molecule has 0 aliphatic carbocycles. The number of halogens is 1. The van der Waals surface area contributed by atoms with Crippen molar-refractivity contribution in [2.45, 2.75) is 4.90 Å². The quantitative estimate of drug-likeness (QED) is 0.787. The number of fused-ring (bicyclic) bond motifs is 1. The van der Waals surface area contributed by atoms with Gasteiger partial charge in [0.25, 0.3) is 10.0 Å². The van der Waals surface area contributed by atoms with Crippen LogP contribution in [0.1, 0.15) is 0 Å². The lowest BCUT2D eigenvalue weighted by Crippen LogP contribution is -2.19. The highest BCUT2D eigenvalue weighted by atomic mass is 35.5. The van der Waals surface area contributed by atoms with Crippen molar-refractivity contribution >= 4 is 38.3 Å². The van der Waals surface area contributed by atoms with Crippen molar-refractivity contribution in [3.05, 3.63) is 58.0 Å². The average molecular weight is 352 g/mol. The number of hydrogen-bond acceptors (Lipinski definition) is 3. The van der Waals surface area contributed by atoms with Crippen LogP contribution in [0.2, 0.25) is 5.02 Å². The lowest BCUT2D eigenvalue weighted by Gasteiger charge is -2.08. The van der Waals surface area contributed by atoms with Gasteiger partial charge < -0.3 is 0 Å². The van der Waals surface area contributed by atoms with Gasteiger partial charge in [-0.15, -0.1) is 0 Å². The van der Waals surface area contributed by atoms with Gasteiger partial charge in [-0.25, -0.2) is 13.2 Å². The number of nitrogens with zero attached hydrogens (tertiary/aromatic N) is 2. The fourth-order valence-electron chi connectivity index (χ4n) is 2.40. The van der Waals surface area contributed by atoms with E-state index in [1.807, 2.05) is 0 Å². The van der Waals surface area contributed by atoms with E-state index in [1.54, 1.807) is 32.3 Å². The topological polar surface area (TPSA) is 73.1 Å². The Labute approximate surface area is 138 Å². The van der Waals surface area contributed by atoms with Gasteiger partial charge in [-0.3, -0.25) is 13.9 Å². The molecule has 3 aromatic rings. The Kier molecular flexibility index (Phi) is 3.69. The molecule has 120 valence electrons. The molecule has 0 bridgehead atoms. The minimum Gasteiger partial charge on any atom is -0.295 e. The summed E-state index contributed by atoms with van der Waals surface area (Å²) in [6.07, 6.45) is 0. The summed E-state index contributed by atoms with van der Waals surface area (Å²) in [5.74, 6) is 0. The molecule has 0 amide bonds. The van der Waals surface area contributed by atoms with E-state index < -0.39 is 10.0 Å². The van der Waals surface area contributed by atoms with Crippen LogP contribution in [0, 0.1) is 0 Å². The van der Waals surface area contributed by atoms with Crippen molar-refractivity contribution in [1.82, 2.24) is 9.13 Å².